The van der Waals surface area contributed by atoms with Gasteiger partial charge in [0.15, 0.2) is 0 Å². The zero-order valence-corrected chi connectivity index (χ0v) is 5.96. The molecule has 0 aromatic rings. The van der Waals surface area contributed by atoms with Crippen LogP contribution in [0.4, 0.5) is 0 Å². The molecular formula is H6LiPS2. The quantitative estimate of drug-likeness (QED) is 0.137. The minimum atomic E-state index is 0. The fourth-order valence-corrected chi connectivity index (χ4v) is 0. The Morgan fingerprint density at radius 3 is 1.00 bits per heavy atom. The average molecular weight is 108 g/mol. The summed E-state index contributed by atoms with van der Waals surface area (Å²) in [4.78, 5) is 0. The molecule has 0 rings (SSSR count). The van der Waals surface area contributed by atoms with E-state index in [-0.39, 0.29) is 55.8 Å². The summed E-state index contributed by atoms with van der Waals surface area (Å²) in [5.41, 5.74) is 0. The summed E-state index contributed by atoms with van der Waals surface area (Å²) in [7, 11) is 0. The molecule has 0 radical (unpaired) electrons. The van der Waals surface area contributed by atoms with E-state index in [0.717, 1.165) is 0 Å². The van der Waals surface area contributed by atoms with Crippen LogP contribution >= 0.6 is 23.4 Å². The summed E-state index contributed by atoms with van der Waals surface area (Å²) >= 11 is 0. The molecule has 0 bridgehead atoms. The molecular weight excluding hydrogens is 102 g/mol. The summed E-state index contributed by atoms with van der Waals surface area (Å²) in [5.74, 6) is 0. The van der Waals surface area contributed by atoms with E-state index in [1.165, 1.54) is 0 Å². The van der Waals surface area contributed by atoms with Crippen molar-refractivity contribution in [2.45, 2.75) is 0 Å². The van der Waals surface area contributed by atoms with E-state index in [0.29, 0.717) is 0 Å². The molecule has 0 saturated heterocycles. The smallest absolute Gasteiger partial charge is 0.813 e. The molecule has 0 N–H and O–H groups in total. The first-order valence-corrected chi connectivity index (χ1v) is 0. The first-order valence-electron chi connectivity index (χ1n) is 0. The fraction of sp³-hybridized carbons (Fsp3) is 0. The van der Waals surface area contributed by atoms with Crippen molar-refractivity contribution in [3.05, 3.63) is 0 Å². The summed E-state index contributed by atoms with van der Waals surface area (Å²) < 4.78 is 0. The van der Waals surface area contributed by atoms with Crippen LogP contribution in [0.3, 0.4) is 0 Å². The van der Waals surface area contributed by atoms with Crippen molar-refractivity contribution >= 4 is 36.9 Å². The Balaban J connectivity index is 0. The van der Waals surface area contributed by atoms with Crippen LogP contribution in [0.5, 0.6) is 0 Å². The molecule has 1 unspecified atom stereocenters. The molecule has 4 heavy (non-hydrogen) atoms. The standard InChI is InChI=1S/Li.H3P.2H2S/h;1H3;2*1H2/q+1;;;/p-1. The number of rotatable bonds is 0. The molecule has 0 aliphatic carbocycles. The van der Waals surface area contributed by atoms with Crippen LogP contribution in [0.2, 0.25) is 0 Å². The minimum absolute atomic E-state index is 0. The molecule has 4 heteroatoms. The molecule has 0 amide bonds. The zero-order valence-electron chi connectivity index (χ0n) is 2.65. The second-order valence-electron chi connectivity index (χ2n) is 0. The molecule has 0 aliphatic rings. The van der Waals surface area contributed by atoms with Gasteiger partial charge in [-0.25, -0.2) is 0 Å². The van der Waals surface area contributed by atoms with E-state index in [4.69, 9.17) is 0 Å². The first-order chi connectivity index (χ1) is 0. The fourth-order valence-electron chi connectivity index (χ4n) is 0. The van der Waals surface area contributed by atoms with Crippen molar-refractivity contribution in [2.75, 3.05) is 0 Å². The van der Waals surface area contributed by atoms with Crippen LogP contribution < -0.4 is 18.9 Å². The summed E-state index contributed by atoms with van der Waals surface area (Å²) in [6, 6.07) is 0. The van der Waals surface area contributed by atoms with Gasteiger partial charge in [0.05, 0.1) is 0 Å². The Labute approximate surface area is 55.8 Å². The van der Waals surface area contributed by atoms with E-state index in [1.807, 2.05) is 0 Å². The van der Waals surface area contributed by atoms with Gasteiger partial charge < -0.3 is 13.5 Å². The van der Waals surface area contributed by atoms with E-state index < -0.39 is 0 Å². The average Bonchev–Trinajstić information content (AvgIpc) is 0. The Bertz CT molecular complexity index is 6.00. The summed E-state index contributed by atoms with van der Waals surface area (Å²) in [5, 5.41) is 0. The zero-order chi connectivity index (χ0) is 0. The van der Waals surface area contributed by atoms with Crippen molar-refractivity contribution in [1.82, 2.24) is 0 Å². The van der Waals surface area contributed by atoms with Crippen LogP contribution in [0, 0.1) is 0 Å². The van der Waals surface area contributed by atoms with Crippen LogP contribution in [-0.4, -0.2) is 0 Å². The molecule has 0 aliphatic heterocycles. The van der Waals surface area contributed by atoms with Gasteiger partial charge in [-0.2, -0.15) is 23.4 Å². The topological polar surface area (TPSA) is 0 Å². The molecule has 0 saturated carbocycles. The molecule has 0 spiro atoms. The van der Waals surface area contributed by atoms with E-state index in [9.17, 15) is 0 Å². The van der Waals surface area contributed by atoms with Crippen molar-refractivity contribution < 1.29 is 18.9 Å². The maximum atomic E-state index is 0. The van der Waals surface area contributed by atoms with Crippen LogP contribution in [-0.2, 0) is 13.5 Å². The van der Waals surface area contributed by atoms with Gasteiger partial charge >= 0.3 is 18.9 Å². The second kappa shape index (κ2) is 22.0. The van der Waals surface area contributed by atoms with Gasteiger partial charge in [-0.15, -0.1) is 0 Å². The van der Waals surface area contributed by atoms with Crippen molar-refractivity contribution in [2.24, 2.45) is 0 Å². The molecule has 0 aromatic carbocycles. The van der Waals surface area contributed by atoms with Gasteiger partial charge in [0.25, 0.3) is 0 Å². The normalized spacial score (nSPS) is 0. The van der Waals surface area contributed by atoms with Crippen molar-refractivity contribution in [3.63, 3.8) is 0 Å². The number of hydrogen-bond acceptors (Lipinski definition) is 1. The monoisotopic (exact) mass is 108 g/mol. The van der Waals surface area contributed by atoms with Crippen LogP contribution in [0.1, 0.15) is 0 Å². The van der Waals surface area contributed by atoms with Crippen LogP contribution in [0.25, 0.3) is 0 Å². The molecule has 24 valence electrons. The Morgan fingerprint density at radius 2 is 1.00 bits per heavy atom. The maximum Gasteiger partial charge on any atom is 1.00 e. The van der Waals surface area contributed by atoms with Gasteiger partial charge in [0.1, 0.15) is 0 Å². The Kier molecular flexibility index (Phi) is 236. The third-order valence-electron chi connectivity index (χ3n) is 0. The minimum Gasteiger partial charge on any atom is -0.813 e. The predicted molar refractivity (Wildman–Crippen MR) is 30.2 cm³/mol. The van der Waals surface area contributed by atoms with Gasteiger partial charge in [-0.1, -0.05) is 0 Å². The molecule has 1 atom stereocenters. The van der Waals surface area contributed by atoms with Crippen molar-refractivity contribution in [1.29, 1.82) is 0 Å². The van der Waals surface area contributed by atoms with Gasteiger partial charge in [0, 0.05) is 0 Å². The SMILES string of the molecule is P.S.[Li+].[SH-]. The molecule has 0 aromatic heterocycles. The third kappa shape index (κ3) is 9.29. The molecule has 0 fully saturated rings. The summed E-state index contributed by atoms with van der Waals surface area (Å²) in [6.07, 6.45) is 0. The van der Waals surface area contributed by atoms with Gasteiger partial charge in [-0.3, -0.25) is 0 Å². The van der Waals surface area contributed by atoms with Gasteiger partial charge in [0.2, 0.25) is 0 Å². The van der Waals surface area contributed by atoms with Crippen LogP contribution in [0.15, 0.2) is 0 Å². The van der Waals surface area contributed by atoms with E-state index >= 15 is 0 Å². The Morgan fingerprint density at radius 1 is 1.00 bits per heavy atom. The molecule has 0 heterocycles. The van der Waals surface area contributed by atoms with E-state index in [2.05, 4.69) is 0 Å². The Hall–Kier alpha value is 1.73. The van der Waals surface area contributed by atoms with E-state index in [1.54, 1.807) is 0 Å². The van der Waals surface area contributed by atoms with Crippen molar-refractivity contribution in [3.8, 4) is 0 Å². The van der Waals surface area contributed by atoms with Gasteiger partial charge in [-0.05, 0) is 0 Å². The summed E-state index contributed by atoms with van der Waals surface area (Å²) in [6.45, 7) is 0. The largest absolute Gasteiger partial charge is 1.00 e. The number of thiol groups is 1. The number of hydrogen-bond donors (Lipinski definition) is 0. The third-order valence-corrected chi connectivity index (χ3v) is 0. The first kappa shape index (κ1) is 42.9. The predicted octanol–water partition coefficient (Wildman–Crippen LogP) is -3.10. The maximum absolute atomic E-state index is 0. The molecule has 0 nitrogen and oxygen atoms in total. The second-order valence-corrected chi connectivity index (χ2v) is 0.